The van der Waals surface area contributed by atoms with Gasteiger partial charge in [-0.05, 0) is 42.2 Å². The van der Waals surface area contributed by atoms with Crippen LogP contribution in [0.15, 0.2) is 48.8 Å². The number of hydrogen-bond acceptors (Lipinski definition) is 3. The summed E-state index contributed by atoms with van der Waals surface area (Å²) in [5, 5.41) is 2.98. The molecule has 3 N–H and O–H groups in total. The van der Waals surface area contributed by atoms with Crippen molar-refractivity contribution in [1.82, 2.24) is 9.88 Å². The standard InChI is InChI=1S/C20H24N4O2/c21-19(25)14-16-6-3-4-7-17(16)23-20(26)24-13-5-1-2-8-18(24)15-9-11-22-12-10-15/h3-4,6-7,9-12,18H,1-2,5,8,13-14H2,(H2,21,25)(H,23,26)/t18-/m1/s1. The molecule has 0 bridgehead atoms. The van der Waals surface area contributed by atoms with E-state index < -0.39 is 5.91 Å². The molecule has 1 atom stereocenters. The minimum Gasteiger partial charge on any atom is -0.369 e. The molecule has 0 saturated carbocycles. The van der Waals surface area contributed by atoms with Gasteiger partial charge >= 0.3 is 6.03 Å². The van der Waals surface area contributed by atoms with Crippen molar-refractivity contribution < 1.29 is 9.59 Å². The molecule has 0 aliphatic carbocycles. The summed E-state index contributed by atoms with van der Waals surface area (Å²) in [5.74, 6) is -0.420. The van der Waals surface area contributed by atoms with E-state index in [-0.39, 0.29) is 18.5 Å². The molecule has 1 aromatic heterocycles. The van der Waals surface area contributed by atoms with Gasteiger partial charge in [-0.3, -0.25) is 9.78 Å². The van der Waals surface area contributed by atoms with Crippen LogP contribution in [0.3, 0.4) is 0 Å². The molecule has 1 aliphatic rings. The third kappa shape index (κ3) is 4.39. The lowest BCUT2D eigenvalue weighted by atomic mass is 10.0. The number of hydrogen-bond donors (Lipinski definition) is 2. The number of carbonyl (C=O) groups excluding carboxylic acids is 2. The van der Waals surface area contributed by atoms with Crippen LogP contribution < -0.4 is 11.1 Å². The van der Waals surface area contributed by atoms with E-state index >= 15 is 0 Å². The fourth-order valence-electron chi connectivity index (χ4n) is 3.45. The first kappa shape index (κ1) is 17.9. The molecule has 1 fully saturated rings. The Morgan fingerprint density at radius 3 is 2.65 bits per heavy atom. The number of primary amides is 1. The van der Waals surface area contributed by atoms with Gasteiger partial charge in [-0.1, -0.05) is 31.0 Å². The zero-order valence-electron chi connectivity index (χ0n) is 14.7. The Kier molecular flexibility index (Phi) is 5.84. The summed E-state index contributed by atoms with van der Waals surface area (Å²) in [6, 6.07) is 11.1. The molecule has 1 aromatic carbocycles. The lowest BCUT2D eigenvalue weighted by Gasteiger charge is -2.30. The molecule has 0 radical (unpaired) electrons. The maximum absolute atomic E-state index is 13.0. The largest absolute Gasteiger partial charge is 0.369 e. The Morgan fingerprint density at radius 1 is 1.12 bits per heavy atom. The highest BCUT2D eigenvalue weighted by Crippen LogP contribution is 2.30. The molecule has 3 amide bonds. The first-order valence-electron chi connectivity index (χ1n) is 8.99. The van der Waals surface area contributed by atoms with Gasteiger partial charge in [-0.25, -0.2) is 4.79 Å². The van der Waals surface area contributed by atoms with Gasteiger partial charge in [0.15, 0.2) is 0 Å². The smallest absolute Gasteiger partial charge is 0.322 e. The fourth-order valence-corrected chi connectivity index (χ4v) is 3.45. The number of pyridine rings is 1. The van der Waals surface area contributed by atoms with Crippen molar-refractivity contribution >= 4 is 17.6 Å². The molecule has 0 unspecified atom stereocenters. The number of anilines is 1. The van der Waals surface area contributed by atoms with Crippen LogP contribution in [0.2, 0.25) is 0 Å². The molecule has 6 heteroatoms. The summed E-state index contributed by atoms with van der Waals surface area (Å²) in [7, 11) is 0. The summed E-state index contributed by atoms with van der Waals surface area (Å²) in [5.41, 5.74) is 7.78. The average molecular weight is 352 g/mol. The van der Waals surface area contributed by atoms with Crippen molar-refractivity contribution in [2.75, 3.05) is 11.9 Å². The first-order chi connectivity index (χ1) is 12.6. The number of benzene rings is 1. The number of para-hydroxylation sites is 1. The van der Waals surface area contributed by atoms with Crippen LogP contribution in [0.4, 0.5) is 10.5 Å². The second-order valence-electron chi connectivity index (χ2n) is 6.57. The van der Waals surface area contributed by atoms with Gasteiger partial charge in [0, 0.05) is 24.6 Å². The van der Waals surface area contributed by atoms with E-state index in [0.29, 0.717) is 12.2 Å². The van der Waals surface area contributed by atoms with Crippen molar-refractivity contribution in [1.29, 1.82) is 0 Å². The van der Waals surface area contributed by atoms with Crippen molar-refractivity contribution in [3.8, 4) is 0 Å². The van der Waals surface area contributed by atoms with E-state index in [9.17, 15) is 9.59 Å². The molecular weight excluding hydrogens is 328 g/mol. The Morgan fingerprint density at radius 2 is 1.88 bits per heavy atom. The molecule has 2 heterocycles. The molecule has 0 spiro atoms. The topological polar surface area (TPSA) is 88.3 Å². The zero-order valence-corrected chi connectivity index (χ0v) is 14.7. The maximum Gasteiger partial charge on any atom is 0.322 e. The number of nitrogens with one attached hydrogen (secondary N) is 1. The van der Waals surface area contributed by atoms with Crippen molar-refractivity contribution in [3.05, 3.63) is 59.9 Å². The van der Waals surface area contributed by atoms with Crippen LogP contribution in [-0.4, -0.2) is 28.4 Å². The highest BCUT2D eigenvalue weighted by Gasteiger charge is 2.27. The van der Waals surface area contributed by atoms with Crippen LogP contribution >= 0.6 is 0 Å². The van der Waals surface area contributed by atoms with Crippen LogP contribution in [0.5, 0.6) is 0 Å². The molecule has 136 valence electrons. The first-order valence-corrected chi connectivity index (χ1v) is 8.99. The molecular formula is C20H24N4O2. The lowest BCUT2D eigenvalue weighted by Crippen LogP contribution is -2.38. The monoisotopic (exact) mass is 352 g/mol. The van der Waals surface area contributed by atoms with Gasteiger partial charge in [-0.15, -0.1) is 0 Å². The van der Waals surface area contributed by atoms with Gasteiger partial charge in [0.1, 0.15) is 0 Å². The molecule has 1 saturated heterocycles. The van der Waals surface area contributed by atoms with Crippen molar-refractivity contribution in [2.24, 2.45) is 5.73 Å². The predicted molar refractivity (Wildman–Crippen MR) is 101 cm³/mol. The predicted octanol–water partition coefficient (Wildman–Crippen LogP) is 3.26. The molecule has 2 aromatic rings. The molecule has 6 nitrogen and oxygen atoms in total. The van der Waals surface area contributed by atoms with Crippen LogP contribution in [0.25, 0.3) is 0 Å². The fraction of sp³-hybridized carbons (Fsp3) is 0.350. The zero-order chi connectivity index (χ0) is 18.4. The number of urea groups is 1. The minimum atomic E-state index is -0.420. The average Bonchev–Trinajstić information content (AvgIpc) is 2.90. The molecule has 3 rings (SSSR count). The SMILES string of the molecule is NC(=O)Cc1ccccc1NC(=O)N1CCCCC[C@@H]1c1ccncc1. The summed E-state index contributed by atoms with van der Waals surface area (Å²) in [6.45, 7) is 0.705. The highest BCUT2D eigenvalue weighted by molar-refractivity contribution is 5.91. The van der Waals surface area contributed by atoms with Crippen LogP contribution in [0.1, 0.15) is 42.9 Å². The van der Waals surface area contributed by atoms with E-state index in [1.807, 2.05) is 35.2 Å². The van der Waals surface area contributed by atoms with Gasteiger partial charge in [0.25, 0.3) is 0 Å². The quantitative estimate of drug-likeness (QED) is 0.885. The Balaban J connectivity index is 1.82. The van der Waals surface area contributed by atoms with Gasteiger partial charge in [-0.2, -0.15) is 0 Å². The third-order valence-corrected chi connectivity index (χ3v) is 4.73. The number of carbonyl (C=O) groups is 2. The Labute approximate surface area is 153 Å². The normalized spacial score (nSPS) is 17.4. The summed E-state index contributed by atoms with van der Waals surface area (Å²) >= 11 is 0. The van der Waals surface area contributed by atoms with Gasteiger partial charge in [0.05, 0.1) is 12.5 Å². The summed E-state index contributed by atoms with van der Waals surface area (Å²) < 4.78 is 0. The number of rotatable bonds is 4. The minimum absolute atomic E-state index is 0.0313. The van der Waals surface area contributed by atoms with Crippen molar-refractivity contribution in [3.63, 3.8) is 0 Å². The maximum atomic E-state index is 13.0. The number of nitrogens with zero attached hydrogens (tertiary/aromatic N) is 2. The second kappa shape index (κ2) is 8.47. The van der Waals surface area contributed by atoms with Gasteiger partial charge in [0.2, 0.25) is 5.91 Å². The number of amides is 3. The molecule has 1 aliphatic heterocycles. The van der Waals surface area contributed by atoms with E-state index in [0.717, 1.165) is 36.8 Å². The van der Waals surface area contributed by atoms with E-state index in [1.54, 1.807) is 18.5 Å². The Hall–Kier alpha value is -2.89. The number of likely N-dealkylation sites (tertiary alicyclic amines) is 1. The second-order valence-corrected chi connectivity index (χ2v) is 6.57. The van der Waals surface area contributed by atoms with Crippen LogP contribution in [0, 0.1) is 0 Å². The summed E-state index contributed by atoms with van der Waals surface area (Å²) in [4.78, 5) is 30.3. The van der Waals surface area contributed by atoms with E-state index in [2.05, 4.69) is 10.3 Å². The van der Waals surface area contributed by atoms with Crippen molar-refractivity contribution in [2.45, 2.75) is 38.1 Å². The highest BCUT2D eigenvalue weighted by atomic mass is 16.2. The number of nitrogens with two attached hydrogens (primary N) is 1. The lowest BCUT2D eigenvalue weighted by molar-refractivity contribution is -0.117. The van der Waals surface area contributed by atoms with E-state index in [1.165, 1.54) is 0 Å². The summed E-state index contributed by atoms with van der Waals surface area (Å²) in [6.07, 6.45) is 7.75. The molecule has 26 heavy (non-hydrogen) atoms. The Bertz CT molecular complexity index is 763. The van der Waals surface area contributed by atoms with Gasteiger partial charge < -0.3 is 16.0 Å². The third-order valence-electron chi connectivity index (χ3n) is 4.73. The van der Waals surface area contributed by atoms with E-state index in [4.69, 9.17) is 5.73 Å². The number of aromatic nitrogens is 1. The van der Waals surface area contributed by atoms with Crippen LogP contribution in [-0.2, 0) is 11.2 Å².